The fourth-order valence-electron chi connectivity index (χ4n) is 1.44. The van der Waals surface area contributed by atoms with Gasteiger partial charge in [-0.2, -0.15) is 0 Å². The van der Waals surface area contributed by atoms with Crippen molar-refractivity contribution < 1.29 is 0 Å². The first kappa shape index (κ1) is 8.57. The standard InChI is InChI=1S/C11H16N2/c1-12-8-9-3-2-4-11(7-9)13-10-5-6-10/h2-4,7,10,12-13H,5-6,8H2,1H3. The lowest BCUT2D eigenvalue weighted by Crippen LogP contribution is -2.06. The molecule has 0 radical (unpaired) electrons. The van der Waals surface area contributed by atoms with Crippen molar-refractivity contribution in [2.75, 3.05) is 12.4 Å². The Balaban J connectivity index is 2.02. The minimum atomic E-state index is 0.741. The zero-order chi connectivity index (χ0) is 9.10. The summed E-state index contributed by atoms with van der Waals surface area (Å²) in [6.45, 7) is 0.945. The highest BCUT2D eigenvalue weighted by atomic mass is 14.9. The lowest BCUT2D eigenvalue weighted by atomic mass is 10.2. The van der Waals surface area contributed by atoms with Gasteiger partial charge >= 0.3 is 0 Å². The molecule has 0 heterocycles. The third-order valence-corrected chi connectivity index (χ3v) is 2.26. The molecule has 0 spiro atoms. The van der Waals surface area contributed by atoms with Crippen molar-refractivity contribution in [2.45, 2.75) is 25.4 Å². The van der Waals surface area contributed by atoms with Gasteiger partial charge in [-0.1, -0.05) is 12.1 Å². The number of nitrogens with one attached hydrogen (secondary N) is 2. The second kappa shape index (κ2) is 3.79. The van der Waals surface area contributed by atoms with Crippen molar-refractivity contribution in [3.63, 3.8) is 0 Å². The molecule has 1 aromatic carbocycles. The van der Waals surface area contributed by atoms with E-state index in [2.05, 4.69) is 34.9 Å². The first-order chi connectivity index (χ1) is 6.38. The van der Waals surface area contributed by atoms with Crippen molar-refractivity contribution in [2.24, 2.45) is 0 Å². The molecule has 1 fully saturated rings. The van der Waals surface area contributed by atoms with Crippen LogP contribution in [0.15, 0.2) is 24.3 Å². The summed E-state index contributed by atoms with van der Waals surface area (Å²) in [4.78, 5) is 0. The Morgan fingerprint density at radius 2 is 2.23 bits per heavy atom. The van der Waals surface area contributed by atoms with E-state index in [0.717, 1.165) is 12.6 Å². The molecule has 0 aromatic heterocycles. The van der Waals surface area contributed by atoms with Gasteiger partial charge in [0, 0.05) is 18.3 Å². The van der Waals surface area contributed by atoms with Crippen molar-refractivity contribution in [1.82, 2.24) is 5.32 Å². The summed E-state index contributed by atoms with van der Waals surface area (Å²) in [5.41, 5.74) is 2.60. The second-order valence-electron chi connectivity index (χ2n) is 3.65. The van der Waals surface area contributed by atoms with E-state index in [0.29, 0.717) is 0 Å². The zero-order valence-electron chi connectivity index (χ0n) is 8.01. The molecule has 1 aromatic rings. The molecule has 13 heavy (non-hydrogen) atoms. The zero-order valence-corrected chi connectivity index (χ0v) is 8.01. The van der Waals surface area contributed by atoms with E-state index in [1.165, 1.54) is 24.1 Å². The Bertz CT molecular complexity index is 279. The molecule has 0 bridgehead atoms. The lowest BCUT2D eigenvalue weighted by molar-refractivity contribution is 0.818. The highest BCUT2D eigenvalue weighted by Crippen LogP contribution is 2.24. The summed E-state index contributed by atoms with van der Waals surface area (Å²) in [5, 5.41) is 6.64. The monoisotopic (exact) mass is 176 g/mol. The van der Waals surface area contributed by atoms with Crippen LogP contribution in [0.4, 0.5) is 5.69 Å². The van der Waals surface area contributed by atoms with E-state index in [1.807, 2.05) is 7.05 Å². The van der Waals surface area contributed by atoms with Gasteiger partial charge in [0.15, 0.2) is 0 Å². The third-order valence-electron chi connectivity index (χ3n) is 2.26. The van der Waals surface area contributed by atoms with Gasteiger partial charge in [0.1, 0.15) is 0 Å². The quantitative estimate of drug-likeness (QED) is 0.733. The molecule has 0 unspecified atom stereocenters. The maximum Gasteiger partial charge on any atom is 0.0345 e. The van der Waals surface area contributed by atoms with Gasteiger partial charge < -0.3 is 10.6 Å². The lowest BCUT2D eigenvalue weighted by Gasteiger charge is -2.06. The van der Waals surface area contributed by atoms with Gasteiger partial charge in [0.2, 0.25) is 0 Å². The number of anilines is 1. The molecule has 0 aliphatic heterocycles. The molecule has 70 valence electrons. The van der Waals surface area contributed by atoms with E-state index in [9.17, 15) is 0 Å². The highest BCUT2D eigenvalue weighted by molar-refractivity contribution is 5.47. The Morgan fingerprint density at radius 1 is 1.38 bits per heavy atom. The third kappa shape index (κ3) is 2.46. The Labute approximate surface area is 79.4 Å². The molecule has 2 heteroatoms. The predicted molar refractivity (Wildman–Crippen MR) is 55.9 cm³/mol. The normalized spacial score (nSPS) is 15.8. The highest BCUT2D eigenvalue weighted by Gasteiger charge is 2.20. The smallest absolute Gasteiger partial charge is 0.0345 e. The van der Waals surface area contributed by atoms with Crippen molar-refractivity contribution in [1.29, 1.82) is 0 Å². The molecule has 2 N–H and O–H groups in total. The van der Waals surface area contributed by atoms with E-state index in [4.69, 9.17) is 0 Å². The number of benzene rings is 1. The minimum Gasteiger partial charge on any atom is -0.382 e. The molecule has 2 nitrogen and oxygen atoms in total. The Kier molecular flexibility index (Phi) is 2.50. The Morgan fingerprint density at radius 3 is 2.92 bits per heavy atom. The average Bonchev–Trinajstić information content (AvgIpc) is 2.90. The van der Waals surface area contributed by atoms with Gasteiger partial charge in [0.05, 0.1) is 0 Å². The van der Waals surface area contributed by atoms with Gasteiger partial charge in [0.25, 0.3) is 0 Å². The number of hydrogen-bond acceptors (Lipinski definition) is 2. The second-order valence-corrected chi connectivity index (χ2v) is 3.65. The van der Waals surface area contributed by atoms with Crippen molar-refractivity contribution >= 4 is 5.69 Å². The SMILES string of the molecule is CNCc1cccc(NC2CC2)c1. The van der Waals surface area contributed by atoms with E-state index in [-0.39, 0.29) is 0 Å². The van der Waals surface area contributed by atoms with Crippen LogP contribution in [0.2, 0.25) is 0 Å². The summed E-state index contributed by atoms with van der Waals surface area (Å²) in [6, 6.07) is 9.35. The van der Waals surface area contributed by atoms with E-state index >= 15 is 0 Å². The fourth-order valence-corrected chi connectivity index (χ4v) is 1.44. The van der Waals surface area contributed by atoms with Crippen LogP contribution in [0.5, 0.6) is 0 Å². The molecule has 1 saturated carbocycles. The van der Waals surface area contributed by atoms with Crippen LogP contribution in [0.3, 0.4) is 0 Å². The summed E-state index contributed by atoms with van der Waals surface area (Å²) in [6.07, 6.45) is 2.66. The molecule has 0 amide bonds. The molecular formula is C11H16N2. The first-order valence-corrected chi connectivity index (χ1v) is 4.88. The Hall–Kier alpha value is -1.02. The van der Waals surface area contributed by atoms with Crippen LogP contribution in [0.25, 0.3) is 0 Å². The summed E-state index contributed by atoms with van der Waals surface area (Å²) >= 11 is 0. The van der Waals surface area contributed by atoms with Crippen LogP contribution >= 0.6 is 0 Å². The molecular weight excluding hydrogens is 160 g/mol. The van der Waals surface area contributed by atoms with Gasteiger partial charge in [-0.3, -0.25) is 0 Å². The topological polar surface area (TPSA) is 24.1 Å². The van der Waals surface area contributed by atoms with Gasteiger partial charge in [-0.15, -0.1) is 0 Å². The van der Waals surface area contributed by atoms with Crippen molar-refractivity contribution in [3.8, 4) is 0 Å². The summed E-state index contributed by atoms with van der Waals surface area (Å²) in [7, 11) is 1.97. The van der Waals surface area contributed by atoms with E-state index < -0.39 is 0 Å². The summed E-state index contributed by atoms with van der Waals surface area (Å²) in [5.74, 6) is 0. The van der Waals surface area contributed by atoms with Crippen LogP contribution in [-0.2, 0) is 6.54 Å². The molecule has 1 aliphatic rings. The van der Waals surface area contributed by atoms with Gasteiger partial charge in [-0.25, -0.2) is 0 Å². The van der Waals surface area contributed by atoms with E-state index in [1.54, 1.807) is 0 Å². The molecule has 0 saturated heterocycles. The van der Waals surface area contributed by atoms with Crippen LogP contribution in [-0.4, -0.2) is 13.1 Å². The van der Waals surface area contributed by atoms with Gasteiger partial charge in [-0.05, 0) is 37.6 Å². The summed E-state index contributed by atoms with van der Waals surface area (Å²) < 4.78 is 0. The fraction of sp³-hybridized carbons (Fsp3) is 0.455. The van der Waals surface area contributed by atoms with Crippen LogP contribution < -0.4 is 10.6 Å². The predicted octanol–water partition coefficient (Wildman–Crippen LogP) is 1.98. The molecule has 1 aliphatic carbocycles. The number of rotatable bonds is 4. The largest absolute Gasteiger partial charge is 0.382 e. The maximum atomic E-state index is 3.49. The van der Waals surface area contributed by atoms with Crippen molar-refractivity contribution in [3.05, 3.63) is 29.8 Å². The molecule has 0 atom stereocenters. The maximum absolute atomic E-state index is 3.49. The average molecular weight is 176 g/mol. The minimum absolute atomic E-state index is 0.741. The molecule has 2 rings (SSSR count). The number of hydrogen-bond donors (Lipinski definition) is 2. The van der Waals surface area contributed by atoms with Crippen LogP contribution in [0, 0.1) is 0 Å². The van der Waals surface area contributed by atoms with Crippen LogP contribution in [0.1, 0.15) is 18.4 Å². The first-order valence-electron chi connectivity index (χ1n) is 4.88.